The van der Waals surface area contributed by atoms with Crippen LogP contribution >= 0.6 is 0 Å². The molecule has 1 aliphatic rings. The second-order valence-electron chi connectivity index (χ2n) is 7.20. The summed E-state index contributed by atoms with van der Waals surface area (Å²) in [6, 6.07) is 14.3. The van der Waals surface area contributed by atoms with Crippen molar-refractivity contribution >= 4 is 21.5 Å². The average Bonchev–Trinajstić information content (AvgIpc) is 2.66. The van der Waals surface area contributed by atoms with Gasteiger partial charge in [0, 0.05) is 32.2 Å². The Labute approximate surface area is 162 Å². The van der Waals surface area contributed by atoms with E-state index in [0.717, 1.165) is 31.6 Å². The van der Waals surface area contributed by atoms with Crippen molar-refractivity contribution in [2.45, 2.75) is 37.0 Å². The van der Waals surface area contributed by atoms with Crippen molar-refractivity contribution in [1.29, 1.82) is 0 Å². The van der Waals surface area contributed by atoms with Crippen molar-refractivity contribution in [1.82, 2.24) is 4.90 Å². The van der Waals surface area contributed by atoms with Crippen LogP contribution in [0, 0.1) is 0 Å². The number of fused-ring (bicyclic) bond motifs is 1. The topological polar surface area (TPSA) is 61.8 Å². The van der Waals surface area contributed by atoms with Crippen LogP contribution in [0.15, 0.2) is 58.4 Å². The first kappa shape index (κ1) is 19.4. The maximum absolute atomic E-state index is 12.5. The number of hydrogen-bond acceptors (Lipinski definition) is 3. The van der Waals surface area contributed by atoms with Crippen LogP contribution in [-0.2, 0) is 16.4 Å². The lowest BCUT2D eigenvalue weighted by Crippen LogP contribution is -2.20. The van der Waals surface area contributed by atoms with Crippen LogP contribution in [0.1, 0.15) is 36.8 Å². The molecule has 0 aliphatic heterocycles. The molecule has 6 heteroatoms. The third-order valence-electron chi connectivity index (χ3n) is 5.07. The summed E-state index contributed by atoms with van der Waals surface area (Å²) in [5.41, 5.74) is 3.13. The zero-order valence-corrected chi connectivity index (χ0v) is 17.0. The smallest absolute Gasteiger partial charge is 0.261 e. The fourth-order valence-corrected chi connectivity index (χ4v) is 4.44. The minimum absolute atomic E-state index is 0.272. The fourth-order valence-electron chi connectivity index (χ4n) is 3.37. The summed E-state index contributed by atoms with van der Waals surface area (Å²) in [5.74, 6) is 1.41. The molecule has 27 heavy (non-hydrogen) atoms. The van der Waals surface area contributed by atoms with Crippen LogP contribution < -0.4 is 4.72 Å². The van der Waals surface area contributed by atoms with Crippen LogP contribution in [0.5, 0.6) is 0 Å². The molecule has 0 fully saturated rings. The normalized spacial score (nSPS) is 17.3. The quantitative estimate of drug-likeness (QED) is 0.627. The summed E-state index contributed by atoms with van der Waals surface area (Å²) in [7, 11) is 0.436. The SMILES string of the molecule is CC(=NCC1CCCc2cc(NS(=O)(=O)c3ccccc3)ccc21)N(C)C. The maximum Gasteiger partial charge on any atom is 0.261 e. The highest BCUT2D eigenvalue weighted by Crippen LogP contribution is 2.34. The number of aryl methyl sites for hydroxylation is 1. The lowest BCUT2D eigenvalue weighted by molar-refractivity contribution is 0.552. The Morgan fingerprint density at radius 1 is 1.19 bits per heavy atom. The first-order valence-electron chi connectivity index (χ1n) is 9.26. The molecule has 0 heterocycles. The molecule has 0 radical (unpaired) electrons. The molecule has 2 aromatic rings. The Morgan fingerprint density at radius 3 is 2.63 bits per heavy atom. The molecule has 0 spiro atoms. The summed E-state index contributed by atoms with van der Waals surface area (Å²) in [6.45, 7) is 2.79. The van der Waals surface area contributed by atoms with E-state index in [-0.39, 0.29) is 4.90 Å². The van der Waals surface area contributed by atoms with Gasteiger partial charge in [0.25, 0.3) is 10.0 Å². The van der Waals surface area contributed by atoms with Gasteiger partial charge in [-0.15, -0.1) is 0 Å². The van der Waals surface area contributed by atoms with Crippen molar-refractivity contribution in [2.24, 2.45) is 4.99 Å². The number of aliphatic imine (C=N–C) groups is 1. The summed E-state index contributed by atoms with van der Waals surface area (Å²) in [6.07, 6.45) is 3.19. The third kappa shape index (κ3) is 4.69. The standard InChI is InChI=1S/C21H27N3O2S/c1-16(24(2)3)22-15-18-9-7-8-17-14-19(12-13-21(17)18)23-27(25,26)20-10-5-4-6-11-20/h4-6,10-14,18,23H,7-9,15H2,1-3H3. The molecule has 2 aromatic carbocycles. The number of rotatable bonds is 5. The van der Waals surface area contributed by atoms with Gasteiger partial charge in [0.15, 0.2) is 0 Å². The summed E-state index contributed by atoms with van der Waals surface area (Å²) in [5, 5.41) is 0. The van der Waals surface area contributed by atoms with E-state index in [9.17, 15) is 8.42 Å². The van der Waals surface area contributed by atoms with E-state index in [1.54, 1.807) is 30.3 Å². The van der Waals surface area contributed by atoms with E-state index in [2.05, 4.69) is 10.8 Å². The minimum atomic E-state index is -3.56. The predicted molar refractivity (Wildman–Crippen MR) is 111 cm³/mol. The molecule has 1 N–H and O–H groups in total. The molecule has 0 aromatic heterocycles. The van der Waals surface area contributed by atoms with Crippen molar-refractivity contribution in [3.8, 4) is 0 Å². The summed E-state index contributed by atoms with van der Waals surface area (Å²) < 4.78 is 27.8. The van der Waals surface area contributed by atoms with Gasteiger partial charge in [0.05, 0.1) is 10.7 Å². The van der Waals surface area contributed by atoms with Gasteiger partial charge in [-0.3, -0.25) is 9.71 Å². The van der Waals surface area contributed by atoms with Crippen molar-refractivity contribution in [3.63, 3.8) is 0 Å². The fraction of sp³-hybridized carbons (Fsp3) is 0.381. The number of hydrogen-bond donors (Lipinski definition) is 1. The number of benzene rings is 2. The van der Waals surface area contributed by atoms with E-state index in [4.69, 9.17) is 4.99 Å². The van der Waals surface area contributed by atoms with Crippen LogP contribution in [-0.4, -0.2) is 39.8 Å². The number of amidine groups is 1. The third-order valence-corrected chi connectivity index (χ3v) is 6.47. The Hall–Kier alpha value is -2.34. The Morgan fingerprint density at radius 2 is 1.93 bits per heavy atom. The van der Waals surface area contributed by atoms with Gasteiger partial charge < -0.3 is 4.90 Å². The lowest BCUT2D eigenvalue weighted by atomic mass is 9.82. The largest absolute Gasteiger partial charge is 0.367 e. The second kappa shape index (κ2) is 8.13. The van der Waals surface area contributed by atoms with Crippen LogP contribution in [0.4, 0.5) is 5.69 Å². The highest BCUT2D eigenvalue weighted by Gasteiger charge is 2.21. The van der Waals surface area contributed by atoms with E-state index < -0.39 is 10.0 Å². The van der Waals surface area contributed by atoms with Crippen LogP contribution in [0.25, 0.3) is 0 Å². The maximum atomic E-state index is 12.5. The second-order valence-corrected chi connectivity index (χ2v) is 8.89. The average molecular weight is 386 g/mol. The van der Waals surface area contributed by atoms with Crippen LogP contribution in [0.2, 0.25) is 0 Å². The van der Waals surface area contributed by atoms with E-state index in [0.29, 0.717) is 11.6 Å². The lowest BCUT2D eigenvalue weighted by Gasteiger charge is -2.25. The zero-order chi connectivity index (χ0) is 19.4. The van der Waals surface area contributed by atoms with Crippen LogP contribution in [0.3, 0.4) is 0 Å². The van der Waals surface area contributed by atoms with Gasteiger partial charge in [-0.25, -0.2) is 8.42 Å². The molecule has 1 atom stereocenters. The molecule has 0 saturated heterocycles. The van der Waals surface area contributed by atoms with Gasteiger partial charge in [0.2, 0.25) is 0 Å². The molecule has 5 nitrogen and oxygen atoms in total. The van der Waals surface area contributed by atoms with Gasteiger partial charge in [-0.2, -0.15) is 0 Å². The van der Waals surface area contributed by atoms with Gasteiger partial charge in [-0.1, -0.05) is 24.3 Å². The molecule has 144 valence electrons. The van der Waals surface area contributed by atoms with Gasteiger partial charge >= 0.3 is 0 Å². The highest BCUT2D eigenvalue weighted by atomic mass is 32.2. The Bertz CT molecular complexity index is 922. The predicted octanol–water partition coefficient (Wildman–Crippen LogP) is 3.89. The van der Waals surface area contributed by atoms with E-state index in [1.165, 1.54) is 11.1 Å². The monoisotopic (exact) mass is 385 g/mol. The molecular weight excluding hydrogens is 358 g/mol. The first-order valence-corrected chi connectivity index (χ1v) is 10.7. The molecule has 0 amide bonds. The van der Waals surface area contributed by atoms with E-state index in [1.807, 2.05) is 38.1 Å². The molecule has 0 bridgehead atoms. The number of anilines is 1. The molecule has 1 aliphatic carbocycles. The van der Waals surface area contributed by atoms with E-state index >= 15 is 0 Å². The molecular formula is C21H27N3O2S. The molecule has 0 saturated carbocycles. The minimum Gasteiger partial charge on any atom is -0.367 e. The number of nitrogens with one attached hydrogen (secondary N) is 1. The number of sulfonamides is 1. The van der Waals surface area contributed by atoms with Gasteiger partial charge in [0.1, 0.15) is 0 Å². The van der Waals surface area contributed by atoms with Crippen molar-refractivity contribution in [3.05, 3.63) is 59.7 Å². The van der Waals surface area contributed by atoms with Crippen molar-refractivity contribution in [2.75, 3.05) is 25.4 Å². The Balaban J connectivity index is 1.79. The summed E-state index contributed by atoms with van der Waals surface area (Å²) >= 11 is 0. The molecule has 1 unspecified atom stereocenters. The number of nitrogens with zero attached hydrogens (tertiary/aromatic N) is 2. The zero-order valence-electron chi connectivity index (χ0n) is 16.1. The summed E-state index contributed by atoms with van der Waals surface area (Å²) in [4.78, 5) is 6.99. The molecule has 3 rings (SSSR count). The first-order chi connectivity index (χ1) is 12.9. The van der Waals surface area contributed by atoms with Gasteiger partial charge in [-0.05, 0) is 61.6 Å². The Kier molecular flexibility index (Phi) is 5.85. The highest BCUT2D eigenvalue weighted by molar-refractivity contribution is 7.92. The van der Waals surface area contributed by atoms with Crippen molar-refractivity contribution < 1.29 is 8.42 Å².